The smallest absolute Gasteiger partial charge is 0.164 e. The number of benzene rings is 1. The van der Waals surface area contributed by atoms with Crippen molar-refractivity contribution in [2.75, 3.05) is 19.8 Å². The van der Waals surface area contributed by atoms with E-state index in [0.717, 1.165) is 12.8 Å². The second-order valence-electron chi connectivity index (χ2n) is 3.43. The van der Waals surface area contributed by atoms with Gasteiger partial charge in [-0.1, -0.05) is 13.3 Å². The maximum atomic E-state index is 13.0. The Labute approximate surface area is 95.4 Å². The van der Waals surface area contributed by atoms with Crippen molar-refractivity contribution in [3.8, 4) is 11.5 Å². The number of ether oxygens (including phenoxy) is 2. The Bertz CT molecular complexity index is 318. The van der Waals surface area contributed by atoms with Gasteiger partial charge in [0.05, 0.1) is 6.61 Å². The van der Waals surface area contributed by atoms with Gasteiger partial charge in [0.15, 0.2) is 11.5 Å². The van der Waals surface area contributed by atoms with E-state index in [-0.39, 0.29) is 5.82 Å². The number of hydrogen-bond acceptors (Lipinski definition) is 3. The van der Waals surface area contributed by atoms with E-state index in [9.17, 15) is 4.39 Å². The fourth-order valence-corrected chi connectivity index (χ4v) is 1.21. The minimum absolute atomic E-state index is 0.338. The van der Waals surface area contributed by atoms with Crippen LogP contribution in [0.2, 0.25) is 0 Å². The molecule has 3 nitrogen and oxygen atoms in total. The molecule has 0 spiro atoms. The molecule has 0 fully saturated rings. The van der Waals surface area contributed by atoms with E-state index in [1.54, 1.807) is 6.07 Å². The number of rotatable bonds is 7. The summed E-state index contributed by atoms with van der Waals surface area (Å²) in [6.45, 7) is 3.44. The van der Waals surface area contributed by atoms with Crippen LogP contribution in [0.1, 0.15) is 19.8 Å². The number of halogens is 1. The summed E-state index contributed by atoms with van der Waals surface area (Å²) in [5.74, 6) is 0.653. The predicted octanol–water partition coefficient (Wildman–Crippen LogP) is 2.34. The van der Waals surface area contributed by atoms with Crippen LogP contribution in [-0.4, -0.2) is 19.8 Å². The zero-order chi connectivity index (χ0) is 11.8. The molecule has 0 aliphatic rings. The monoisotopic (exact) mass is 227 g/mol. The third-order valence-corrected chi connectivity index (χ3v) is 2.04. The highest BCUT2D eigenvalue weighted by Crippen LogP contribution is 2.27. The maximum Gasteiger partial charge on any atom is 0.164 e. The van der Waals surface area contributed by atoms with E-state index in [1.165, 1.54) is 12.1 Å². The molecule has 0 aliphatic heterocycles. The molecule has 0 saturated heterocycles. The second-order valence-corrected chi connectivity index (χ2v) is 3.43. The first-order valence-corrected chi connectivity index (χ1v) is 5.53. The highest BCUT2D eigenvalue weighted by atomic mass is 19.1. The zero-order valence-electron chi connectivity index (χ0n) is 9.54. The molecule has 0 aliphatic carbocycles. The van der Waals surface area contributed by atoms with Gasteiger partial charge in [-0.15, -0.1) is 0 Å². The van der Waals surface area contributed by atoms with Crippen molar-refractivity contribution in [2.24, 2.45) is 5.73 Å². The van der Waals surface area contributed by atoms with Gasteiger partial charge in [-0.25, -0.2) is 4.39 Å². The van der Waals surface area contributed by atoms with Crippen molar-refractivity contribution in [2.45, 2.75) is 19.8 Å². The van der Waals surface area contributed by atoms with Crippen molar-refractivity contribution in [3.63, 3.8) is 0 Å². The zero-order valence-corrected chi connectivity index (χ0v) is 9.54. The molecule has 0 atom stereocenters. The first-order valence-electron chi connectivity index (χ1n) is 5.53. The van der Waals surface area contributed by atoms with Crippen LogP contribution in [0.5, 0.6) is 11.5 Å². The fraction of sp³-hybridized carbons (Fsp3) is 0.500. The lowest BCUT2D eigenvalue weighted by Gasteiger charge is -2.11. The van der Waals surface area contributed by atoms with Gasteiger partial charge in [-0.2, -0.15) is 0 Å². The second kappa shape index (κ2) is 7.06. The summed E-state index contributed by atoms with van der Waals surface area (Å²) in [7, 11) is 0. The van der Waals surface area contributed by atoms with Crippen molar-refractivity contribution < 1.29 is 13.9 Å². The number of unbranched alkanes of at least 4 members (excludes halogenated alkanes) is 1. The Kier molecular flexibility index (Phi) is 5.64. The average molecular weight is 227 g/mol. The van der Waals surface area contributed by atoms with Gasteiger partial charge in [0.1, 0.15) is 12.4 Å². The van der Waals surface area contributed by atoms with Crippen LogP contribution in [0, 0.1) is 5.82 Å². The highest BCUT2D eigenvalue weighted by Gasteiger charge is 2.06. The van der Waals surface area contributed by atoms with Crippen LogP contribution < -0.4 is 15.2 Å². The van der Waals surface area contributed by atoms with Crippen LogP contribution in [-0.2, 0) is 0 Å². The molecule has 1 aromatic rings. The lowest BCUT2D eigenvalue weighted by Crippen LogP contribution is -2.11. The lowest BCUT2D eigenvalue weighted by molar-refractivity contribution is 0.268. The van der Waals surface area contributed by atoms with Crippen LogP contribution in [0.15, 0.2) is 18.2 Å². The summed E-state index contributed by atoms with van der Waals surface area (Å²) in [5, 5.41) is 0. The van der Waals surface area contributed by atoms with Crippen molar-refractivity contribution >= 4 is 0 Å². The Morgan fingerprint density at radius 1 is 1.19 bits per heavy atom. The minimum Gasteiger partial charge on any atom is -0.490 e. The van der Waals surface area contributed by atoms with Gasteiger partial charge in [0.25, 0.3) is 0 Å². The molecule has 16 heavy (non-hydrogen) atoms. The Balaban J connectivity index is 2.64. The topological polar surface area (TPSA) is 44.5 Å². The molecule has 0 bridgehead atoms. The van der Waals surface area contributed by atoms with Crippen LogP contribution in [0.4, 0.5) is 4.39 Å². The molecule has 2 N–H and O–H groups in total. The summed E-state index contributed by atoms with van der Waals surface area (Å²) in [6.07, 6.45) is 2.02. The van der Waals surface area contributed by atoms with Gasteiger partial charge < -0.3 is 15.2 Å². The number of nitrogens with two attached hydrogens (primary N) is 1. The summed E-state index contributed by atoms with van der Waals surface area (Å²) < 4.78 is 23.8. The average Bonchev–Trinajstić information content (AvgIpc) is 2.29. The van der Waals surface area contributed by atoms with Crippen molar-refractivity contribution in [3.05, 3.63) is 24.0 Å². The third kappa shape index (κ3) is 4.06. The van der Waals surface area contributed by atoms with Crippen LogP contribution in [0.25, 0.3) is 0 Å². The van der Waals surface area contributed by atoms with E-state index in [4.69, 9.17) is 15.2 Å². The fourth-order valence-electron chi connectivity index (χ4n) is 1.21. The van der Waals surface area contributed by atoms with E-state index in [1.807, 2.05) is 0 Å². The Hall–Kier alpha value is -1.29. The lowest BCUT2D eigenvalue weighted by atomic mass is 10.3. The van der Waals surface area contributed by atoms with Crippen LogP contribution >= 0.6 is 0 Å². The molecule has 0 saturated carbocycles. The maximum absolute atomic E-state index is 13.0. The van der Waals surface area contributed by atoms with Crippen LogP contribution in [0.3, 0.4) is 0 Å². The first kappa shape index (κ1) is 12.8. The molecule has 0 unspecified atom stereocenters. The SMILES string of the molecule is CCCCOc1ccc(F)cc1OCCN. The summed E-state index contributed by atoms with van der Waals surface area (Å²) in [6, 6.07) is 4.25. The first-order chi connectivity index (χ1) is 7.77. The largest absolute Gasteiger partial charge is 0.490 e. The standard InChI is InChI=1S/C12H18FNO2/c1-2-3-7-15-11-5-4-10(13)9-12(11)16-8-6-14/h4-5,9H,2-3,6-8,14H2,1H3. The van der Waals surface area contributed by atoms with E-state index < -0.39 is 0 Å². The van der Waals surface area contributed by atoms with E-state index in [0.29, 0.717) is 31.3 Å². The molecule has 90 valence electrons. The summed E-state index contributed by atoms with van der Waals surface area (Å²) in [4.78, 5) is 0. The molecule has 0 amide bonds. The molecular formula is C12H18FNO2. The van der Waals surface area contributed by atoms with Gasteiger partial charge in [-0.05, 0) is 18.6 Å². The van der Waals surface area contributed by atoms with Gasteiger partial charge in [-0.3, -0.25) is 0 Å². The van der Waals surface area contributed by atoms with Crippen molar-refractivity contribution in [1.82, 2.24) is 0 Å². The van der Waals surface area contributed by atoms with Gasteiger partial charge in [0.2, 0.25) is 0 Å². The van der Waals surface area contributed by atoms with Crippen molar-refractivity contribution in [1.29, 1.82) is 0 Å². The Morgan fingerprint density at radius 3 is 2.62 bits per heavy atom. The van der Waals surface area contributed by atoms with Gasteiger partial charge in [0, 0.05) is 12.6 Å². The highest BCUT2D eigenvalue weighted by molar-refractivity contribution is 5.40. The third-order valence-electron chi connectivity index (χ3n) is 2.04. The molecular weight excluding hydrogens is 209 g/mol. The van der Waals surface area contributed by atoms with Gasteiger partial charge >= 0.3 is 0 Å². The Morgan fingerprint density at radius 2 is 1.94 bits per heavy atom. The number of hydrogen-bond donors (Lipinski definition) is 1. The predicted molar refractivity (Wildman–Crippen MR) is 61.4 cm³/mol. The summed E-state index contributed by atoms with van der Waals surface area (Å²) in [5.41, 5.74) is 5.33. The summed E-state index contributed by atoms with van der Waals surface area (Å²) >= 11 is 0. The van der Waals surface area contributed by atoms with E-state index >= 15 is 0 Å². The molecule has 1 rings (SSSR count). The van der Waals surface area contributed by atoms with E-state index in [2.05, 4.69) is 6.92 Å². The normalized spacial score (nSPS) is 10.2. The quantitative estimate of drug-likeness (QED) is 0.727. The molecule has 0 heterocycles. The molecule has 1 aromatic carbocycles. The minimum atomic E-state index is -0.338. The molecule has 0 radical (unpaired) electrons. The molecule has 0 aromatic heterocycles. The molecule has 4 heteroatoms.